The molecule has 202 valence electrons. The highest BCUT2D eigenvalue weighted by atomic mass is 35.5. The minimum Gasteiger partial charge on any atom is -0.444 e. The lowest BCUT2D eigenvalue weighted by atomic mass is 9.91. The first kappa shape index (κ1) is 28.6. The van der Waals surface area contributed by atoms with Gasteiger partial charge in [0.15, 0.2) is 0 Å². The number of piperazine rings is 1. The Bertz CT molecular complexity index is 982. The van der Waals surface area contributed by atoms with Gasteiger partial charge in [-0.15, -0.1) is 11.6 Å². The number of halogens is 3. The maximum atomic E-state index is 14.7. The number of carbonyl (C=O) groups excluding carboxylic acids is 2. The van der Waals surface area contributed by atoms with Crippen LogP contribution in [-0.4, -0.2) is 76.5 Å². The Morgan fingerprint density at radius 2 is 1.92 bits per heavy atom. The van der Waals surface area contributed by atoms with Gasteiger partial charge in [0, 0.05) is 61.2 Å². The molecule has 0 aromatic carbocycles. The van der Waals surface area contributed by atoms with Crippen molar-refractivity contribution in [3.63, 3.8) is 0 Å². The lowest BCUT2D eigenvalue weighted by Gasteiger charge is -2.44. The lowest BCUT2D eigenvalue weighted by molar-refractivity contribution is -0.121. The summed E-state index contributed by atoms with van der Waals surface area (Å²) in [5.74, 6) is -2.97. The van der Waals surface area contributed by atoms with Crippen molar-refractivity contribution in [2.24, 2.45) is 0 Å². The molecule has 3 rings (SSSR count). The lowest BCUT2D eigenvalue weighted by Crippen LogP contribution is -2.61. The molecule has 0 radical (unpaired) electrons. The van der Waals surface area contributed by atoms with E-state index in [-0.39, 0.29) is 42.4 Å². The molecule has 1 fully saturated rings. The highest BCUT2D eigenvalue weighted by Gasteiger charge is 2.43. The predicted molar refractivity (Wildman–Crippen MR) is 137 cm³/mol. The number of rotatable bonds is 6. The average Bonchev–Trinajstić information content (AvgIpc) is 3.03. The van der Waals surface area contributed by atoms with Gasteiger partial charge >= 0.3 is 6.09 Å². The van der Waals surface area contributed by atoms with Gasteiger partial charge in [0.2, 0.25) is 5.91 Å². The van der Waals surface area contributed by atoms with E-state index in [9.17, 15) is 18.4 Å². The Hall–Kier alpha value is -2.00. The molecule has 0 aliphatic carbocycles. The number of ether oxygens (including phenoxy) is 1. The molecule has 1 aromatic heterocycles. The van der Waals surface area contributed by atoms with Crippen molar-refractivity contribution in [1.29, 1.82) is 0 Å². The number of aromatic nitrogens is 1. The van der Waals surface area contributed by atoms with Crippen molar-refractivity contribution in [1.82, 2.24) is 14.8 Å². The molecular weight excluding hydrogens is 490 g/mol. The zero-order chi connectivity index (χ0) is 27.1. The number of nitrogens with zero attached hydrogens (tertiary/aromatic N) is 4. The first-order chi connectivity index (χ1) is 16.6. The summed E-state index contributed by atoms with van der Waals surface area (Å²) >= 11 is 6.26. The Morgan fingerprint density at radius 3 is 2.50 bits per heavy atom. The molecule has 7 nitrogen and oxygen atoms in total. The number of anilines is 1. The molecule has 0 N–H and O–H groups in total. The summed E-state index contributed by atoms with van der Waals surface area (Å²) in [7, 11) is 0. The summed E-state index contributed by atoms with van der Waals surface area (Å²) in [4.78, 5) is 35.8. The molecule has 0 saturated carbocycles. The Balaban J connectivity index is 1.79. The number of hydrogen-bond acceptors (Lipinski definition) is 5. The number of carbonyl (C=O) groups is 2. The molecule has 1 aromatic rings. The fourth-order valence-electron chi connectivity index (χ4n) is 4.90. The SMILES string of the molecule is CCCC(F)(F)c1cnc2c(c1)N(C(=O)CN1C[C@@H](C)N(C(=O)OC(C)(C)C)C[C@@H]1CCl)CC2(C)C. The van der Waals surface area contributed by atoms with E-state index in [1.807, 2.05) is 46.4 Å². The van der Waals surface area contributed by atoms with Gasteiger partial charge in [-0.05, 0) is 33.8 Å². The summed E-state index contributed by atoms with van der Waals surface area (Å²) in [6, 6.07) is 0.996. The highest BCUT2D eigenvalue weighted by molar-refractivity contribution is 6.18. The quantitative estimate of drug-likeness (QED) is 0.478. The van der Waals surface area contributed by atoms with Gasteiger partial charge < -0.3 is 14.5 Å². The van der Waals surface area contributed by atoms with E-state index in [1.165, 1.54) is 12.3 Å². The molecule has 1 saturated heterocycles. The van der Waals surface area contributed by atoms with Crippen molar-refractivity contribution in [2.75, 3.05) is 37.0 Å². The minimum absolute atomic E-state index is 0.0645. The topological polar surface area (TPSA) is 66.0 Å². The van der Waals surface area contributed by atoms with Crippen LogP contribution in [0.25, 0.3) is 0 Å². The van der Waals surface area contributed by atoms with Crippen molar-refractivity contribution in [2.45, 2.75) is 90.3 Å². The van der Waals surface area contributed by atoms with E-state index < -0.39 is 23.0 Å². The van der Waals surface area contributed by atoms with E-state index in [2.05, 4.69) is 4.98 Å². The molecule has 2 amide bonds. The van der Waals surface area contributed by atoms with Gasteiger partial charge in [-0.2, -0.15) is 0 Å². The van der Waals surface area contributed by atoms with Crippen LogP contribution < -0.4 is 4.90 Å². The Kier molecular flexibility index (Phi) is 8.25. The summed E-state index contributed by atoms with van der Waals surface area (Å²) in [6.45, 7) is 14.2. The van der Waals surface area contributed by atoms with Gasteiger partial charge in [-0.1, -0.05) is 27.2 Å². The van der Waals surface area contributed by atoms with Crippen LogP contribution in [0.3, 0.4) is 0 Å². The zero-order valence-electron chi connectivity index (χ0n) is 22.4. The van der Waals surface area contributed by atoms with Gasteiger partial charge in [0.05, 0.1) is 17.9 Å². The normalized spacial score (nSPS) is 22.5. The number of hydrogen-bond donors (Lipinski definition) is 0. The molecule has 2 aliphatic rings. The third kappa shape index (κ3) is 6.10. The van der Waals surface area contributed by atoms with E-state index >= 15 is 0 Å². The van der Waals surface area contributed by atoms with Crippen LogP contribution in [0.4, 0.5) is 19.3 Å². The summed E-state index contributed by atoms with van der Waals surface area (Å²) in [5, 5.41) is 0. The molecule has 2 aliphatic heterocycles. The van der Waals surface area contributed by atoms with Gasteiger partial charge in [-0.25, -0.2) is 13.6 Å². The summed E-state index contributed by atoms with van der Waals surface area (Å²) < 4.78 is 34.8. The first-order valence-corrected chi connectivity index (χ1v) is 13.1. The number of fused-ring (bicyclic) bond motifs is 1. The van der Waals surface area contributed by atoms with Crippen molar-refractivity contribution in [3.8, 4) is 0 Å². The largest absolute Gasteiger partial charge is 0.444 e. The smallest absolute Gasteiger partial charge is 0.410 e. The Morgan fingerprint density at radius 1 is 1.25 bits per heavy atom. The third-order valence-electron chi connectivity index (χ3n) is 6.74. The summed E-state index contributed by atoms with van der Waals surface area (Å²) in [6.07, 6.45) is 0.900. The molecule has 0 unspecified atom stereocenters. The molecule has 36 heavy (non-hydrogen) atoms. The molecule has 2 atom stereocenters. The van der Waals surface area contributed by atoms with E-state index in [4.69, 9.17) is 16.3 Å². The monoisotopic (exact) mass is 528 g/mol. The van der Waals surface area contributed by atoms with Crippen LogP contribution in [0.5, 0.6) is 0 Å². The third-order valence-corrected chi connectivity index (χ3v) is 7.10. The second-order valence-corrected chi connectivity index (χ2v) is 11.9. The van der Waals surface area contributed by atoms with E-state index in [0.717, 1.165) is 0 Å². The standard InChI is InChI=1S/C26H39ClF2N4O3/c1-8-9-26(28,29)18-10-20-22(30-12-18)25(6,7)16-33(20)21(34)15-31-13-17(2)32(14-19(31)11-27)23(35)36-24(3,4)5/h10,12,17,19H,8-9,11,13-16H2,1-7H3/t17-,19+/m1/s1. The second-order valence-electron chi connectivity index (χ2n) is 11.6. The van der Waals surface area contributed by atoms with Crippen LogP contribution in [0, 0.1) is 0 Å². The first-order valence-electron chi connectivity index (χ1n) is 12.6. The van der Waals surface area contributed by atoms with Crippen LogP contribution >= 0.6 is 11.6 Å². The van der Waals surface area contributed by atoms with Gasteiger partial charge in [0.1, 0.15) is 5.60 Å². The van der Waals surface area contributed by atoms with Crippen molar-refractivity contribution in [3.05, 3.63) is 23.5 Å². The van der Waals surface area contributed by atoms with Crippen molar-refractivity contribution >= 4 is 29.3 Å². The fraction of sp³-hybridized carbons (Fsp3) is 0.731. The molecular formula is C26H39ClF2N4O3. The van der Waals surface area contributed by atoms with E-state index in [1.54, 1.807) is 16.7 Å². The van der Waals surface area contributed by atoms with Gasteiger partial charge in [-0.3, -0.25) is 14.7 Å². The number of amides is 2. The van der Waals surface area contributed by atoms with Gasteiger partial charge in [0.25, 0.3) is 5.92 Å². The fourth-order valence-corrected chi connectivity index (χ4v) is 5.19. The van der Waals surface area contributed by atoms with Crippen LogP contribution in [0.2, 0.25) is 0 Å². The number of pyridine rings is 1. The maximum absolute atomic E-state index is 14.7. The van der Waals surface area contributed by atoms with E-state index in [0.29, 0.717) is 37.4 Å². The second kappa shape index (κ2) is 10.4. The molecule has 3 heterocycles. The molecule has 0 spiro atoms. The van der Waals surface area contributed by atoms with Crippen LogP contribution in [0.1, 0.15) is 72.6 Å². The average molecular weight is 529 g/mol. The maximum Gasteiger partial charge on any atom is 0.410 e. The predicted octanol–water partition coefficient (Wildman–Crippen LogP) is 5.15. The zero-order valence-corrected chi connectivity index (χ0v) is 23.2. The Labute approximate surface area is 218 Å². The highest BCUT2D eigenvalue weighted by Crippen LogP contribution is 2.42. The van der Waals surface area contributed by atoms with Crippen LogP contribution in [-0.2, 0) is 20.9 Å². The minimum atomic E-state index is -3.00. The summed E-state index contributed by atoms with van der Waals surface area (Å²) in [5.41, 5.74) is -0.156. The van der Waals surface area contributed by atoms with Crippen molar-refractivity contribution < 1.29 is 23.1 Å². The molecule has 10 heteroatoms. The van der Waals surface area contributed by atoms with Crippen LogP contribution in [0.15, 0.2) is 12.3 Å². The number of alkyl halides is 3. The molecule has 0 bridgehead atoms.